The monoisotopic (exact) mass is 392 g/mol. The first-order valence-electron chi connectivity index (χ1n) is 11.0. The summed E-state index contributed by atoms with van der Waals surface area (Å²) in [7, 11) is 0. The molecule has 4 rings (SSSR count). The molecule has 3 heteroatoms. The molecular weight excluding hydrogens is 360 g/mol. The molecule has 2 nitrogen and oxygen atoms in total. The van der Waals surface area contributed by atoms with E-state index in [9.17, 15) is 0 Å². The molecular formula is C25H32N2S. The Bertz CT molecular complexity index is 806. The molecule has 2 saturated carbocycles. The summed E-state index contributed by atoms with van der Waals surface area (Å²) in [6.07, 6.45) is 13.2. The standard InChI is InChI=1S/C25H32N2S/c1-4-10-20(11-5-1)26-24-18-16-23(28-22-14-8-3-9-15-22)17-19-25(24)27-21-12-6-2-7-13-21/h3,8-9,14-21H,1-2,4-7,10-13H2,(H,26,27). The van der Waals surface area contributed by atoms with E-state index in [0.717, 1.165) is 5.36 Å². The maximum Gasteiger partial charge on any atom is 0.0809 e. The van der Waals surface area contributed by atoms with Crippen molar-refractivity contribution in [3.8, 4) is 0 Å². The lowest BCUT2D eigenvalue weighted by Crippen LogP contribution is -2.26. The van der Waals surface area contributed by atoms with Crippen LogP contribution in [0.5, 0.6) is 0 Å². The fourth-order valence-electron chi connectivity index (χ4n) is 4.36. The van der Waals surface area contributed by atoms with Crippen LogP contribution in [0.15, 0.2) is 69.4 Å². The quantitative estimate of drug-likeness (QED) is 0.604. The van der Waals surface area contributed by atoms with E-state index in [-0.39, 0.29) is 0 Å². The largest absolute Gasteiger partial charge is 0.381 e. The van der Waals surface area contributed by atoms with Crippen molar-refractivity contribution >= 4 is 17.4 Å². The maximum absolute atomic E-state index is 5.20. The van der Waals surface area contributed by atoms with Gasteiger partial charge in [-0.05, 0) is 62.1 Å². The van der Waals surface area contributed by atoms with Gasteiger partial charge >= 0.3 is 0 Å². The molecule has 2 fully saturated rings. The Balaban J connectivity index is 1.62. The van der Waals surface area contributed by atoms with Crippen molar-refractivity contribution in [1.29, 1.82) is 0 Å². The van der Waals surface area contributed by atoms with Crippen LogP contribution in [0.2, 0.25) is 0 Å². The van der Waals surface area contributed by atoms with Crippen molar-refractivity contribution in [2.75, 3.05) is 5.32 Å². The molecule has 0 radical (unpaired) electrons. The zero-order valence-electron chi connectivity index (χ0n) is 16.8. The fraction of sp³-hybridized carbons (Fsp3) is 0.480. The Kier molecular flexibility index (Phi) is 7.10. The van der Waals surface area contributed by atoms with Crippen molar-refractivity contribution in [1.82, 2.24) is 0 Å². The number of nitrogens with one attached hydrogen (secondary N) is 1. The summed E-state index contributed by atoms with van der Waals surface area (Å²) < 4.78 is 0. The zero-order chi connectivity index (χ0) is 19.0. The van der Waals surface area contributed by atoms with Crippen LogP contribution in [0, 0.1) is 0 Å². The molecule has 0 heterocycles. The van der Waals surface area contributed by atoms with Crippen LogP contribution < -0.4 is 10.7 Å². The Morgan fingerprint density at radius 2 is 1.32 bits per heavy atom. The minimum Gasteiger partial charge on any atom is -0.381 e. The lowest BCUT2D eigenvalue weighted by Gasteiger charge is -2.24. The third-order valence-electron chi connectivity index (χ3n) is 5.94. The van der Waals surface area contributed by atoms with Crippen LogP contribution in [-0.4, -0.2) is 12.1 Å². The SMILES string of the molecule is c1ccc(Sc2ccc(NC3CCCCC3)c(=NC3CCCCC3)cc2)cc1. The first-order valence-corrected chi connectivity index (χ1v) is 11.9. The molecule has 0 bridgehead atoms. The molecule has 0 aromatic heterocycles. The summed E-state index contributed by atoms with van der Waals surface area (Å²) in [5.41, 5.74) is 1.22. The highest BCUT2D eigenvalue weighted by Crippen LogP contribution is 2.27. The molecule has 2 aromatic rings. The van der Waals surface area contributed by atoms with E-state index >= 15 is 0 Å². The van der Waals surface area contributed by atoms with Crippen molar-refractivity contribution in [2.45, 2.75) is 86.1 Å². The Morgan fingerprint density at radius 3 is 2.07 bits per heavy atom. The lowest BCUT2D eigenvalue weighted by molar-refractivity contribution is 0.437. The normalized spacial score (nSPS) is 19.5. The average Bonchev–Trinajstić information content (AvgIpc) is 2.93. The van der Waals surface area contributed by atoms with Crippen molar-refractivity contribution in [3.63, 3.8) is 0 Å². The van der Waals surface area contributed by atoms with E-state index in [1.165, 1.54) is 79.7 Å². The Labute approximate surface area is 173 Å². The first kappa shape index (κ1) is 19.6. The molecule has 148 valence electrons. The first-order chi connectivity index (χ1) is 13.9. The Morgan fingerprint density at radius 1 is 0.679 bits per heavy atom. The third-order valence-corrected chi connectivity index (χ3v) is 6.95. The summed E-state index contributed by atoms with van der Waals surface area (Å²) in [5.74, 6) is 0. The smallest absolute Gasteiger partial charge is 0.0809 e. The van der Waals surface area contributed by atoms with Crippen molar-refractivity contribution < 1.29 is 0 Å². The summed E-state index contributed by atoms with van der Waals surface area (Å²) in [5, 5.41) is 5.00. The van der Waals surface area contributed by atoms with Crippen molar-refractivity contribution in [3.05, 3.63) is 60.0 Å². The number of hydrogen-bond acceptors (Lipinski definition) is 3. The Hall–Kier alpha value is -1.74. The molecule has 0 unspecified atom stereocenters. The fourth-order valence-corrected chi connectivity index (χ4v) is 5.20. The minimum absolute atomic E-state index is 0.494. The van der Waals surface area contributed by atoms with E-state index in [1.54, 1.807) is 0 Å². The molecule has 0 spiro atoms. The van der Waals surface area contributed by atoms with Gasteiger partial charge in [0.1, 0.15) is 0 Å². The predicted molar refractivity (Wildman–Crippen MR) is 120 cm³/mol. The zero-order valence-corrected chi connectivity index (χ0v) is 17.6. The van der Waals surface area contributed by atoms with Gasteiger partial charge in [-0.2, -0.15) is 0 Å². The molecule has 2 aromatic carbocycles. The van der Waals surface area contributed by atoms with Gasteiger partial charge in [0.05, 0.1) is 17.1 Å². The van der Waals surface area contributed by atoms with Gasteiger partial charge < -0.3 is 5.32 Å². The number of nitrogens with zero attached hydrogens (tertiary/aromatic N) is 1. The molecule has 2 aliphatic rings. The molecule has 0 saturated heterocycles. The van der Waals surface area contributed by atoms with Gasteiger partial charge in [-0.3, -0.25) is 4.99 Å². The summed E-state index contributed by atoms with van der Waals surface area (Å²) in [6, 6.07) is 20.7. The number of benzene rings is 1. The number of hydrogen-bond donors (Lipinski definition) is 1. The number of anilines is 1. The average molecular weight is 393 g/mol. The minimum atomic E-state index is 0.494. The summed E-state index contributed by atoms with van der Waals surface area (Å²) in [4.78, 5) is 7.75. The van der Waals surface area contributed by atoms with E-state index in [0.29, 0.717) is 12.1 Å². The van der Waals surface area contributed by atoms with Crippen LogP contribution >= 0.6 is 11.8 Å². The highest BCUT2D eigenvalue weighted by molar-refractivity contribution is 7.99. The number of rotatable bonds is 5. The predicted octanol–water partition coefficient (Wildman–Crippen LogP) is 6.82. The second kappa shape index (κ2) is 10.2. The molecule has 0 aliphatic heterocycles. The van der Waals surface area contributed by atoms with Gasteiger partial charge in [0.25, 0.3) is 0 Å². The van der Waals surface area contributed by atoms with Crippen molar-refractivity contribution in [2.24, 2.45) is 4.99 Å². The topological polar surface area (TPSA) is 24.4 Å². The van der Waals surface area contributed by atoms with Gasteiger partial charge in [-0.25, -0.2) is 0 Å². The van der Waals surface area contributed by atoms with Crippen LogP contribution in [-0.2, 0) is 0 Å². The third kappa shape index (κ3) is 5.64. The van der Waals surface area contributed by atoms with E-state index in [1.807, 2.05) is 11.8 Å². The molecule has 2 aliphatic carbocycles. The molecule has 28 heavy (non-hydrogen) atoms. The second-order valence-corrected chi connectivity index (χ2v) is 9.33. The van der Waals surface area contributed by atoms with Gasteiger partial charge in [0, 0.05) is 15.8 Å². The molecule has 0 atom stereocenters. The van der Waals surface area contributed by atoms with E-state index in [2.05, 4.69) is 59.9 Å². The maximum atomic E-state index is 5.20. The van der Waals surface area contributed by atoms with Crippen LogP contribution in [0.3, 0.4) is 0 Å². The summed E-state index contributed by atoms with van der Waals surface area (Å²) in [6.45, 7) is 0. The van der Waals surface area contributed by atoms with Crippen LogP contribution in [0.25, 0.3) is 0 Å². The molecule has 1 N–H and O–H groups in total. The van der Waals surface area contributed by atoms with Crippen LogP contribution in [0.1, 0.15) is 64.2 Å². The highest BCUT2D eigenvalue weighted by atomic mass is 32.2. The highest BCUT2D eigenvalue weighted by Gasteiger charge is 2.15. The van der Waals surface area contributed by atoms with Gasteiger partial charge in [0.2, 0.25) is 0 Å². The molecule has 0 amide bonds. The van der Waals surface area contributed by atoms with Gasteiger partial charge in [0.15, 0.2) is 0 Å². The van der Waals surface area contributed by atoms with Crippen LogP contribution in [0.4, 0.5) is 5.69 Å². The van der Waals surface area contributed by atoms with E-state index in [4.69, 9.17) is 4.99 Å². The van der Waals surface area contributed by atoms with E-state index < -0.39 is 0 Å². The van der Waals surface area contributed by atoms with Gasteiger partial charge in [-0.1, -0.05) is 68.5 Å². The lowest BCUT2D eigenvalue weighted by atomic mass is 9.95. The summed E-state index contributed by atoms with van der Waals surface area (Å²) >= 11 is 1.82. The van der Waals surface area contributed by atoms with Gasteiger partial charge in [-0.15, -0.1) is 0 Å². The second-order valence-electron chi connectivity index (χ2n) is 8.18.